The number of hydrogen-bond acceptors (Lipinski definition) is 5. The van der Waals surface area contributed by atoms with Crippen molar-refractivity contribution in [2.75, 3.05) is 7.11 Å². The van der Waals surface area contributed by atoms with Gasteiger partial charge < -0.3 is 4.74 Å². The third kappa shape index (κ3) is 4.40. The molecule has 1 N–H and O–H groups in total. The Morgan fingerprint density at radius 1 is 1.13 bits per heavy atom. The highest BCUT2D eigenvalue weighted by Crippen LogP contribution is 2.19. The quantitative estimate of drug-likeness (QED) is 0.851. The van der Waals surface area contributed by atoms with Gasteiger partial charge in [0.25, 0.3) is 10.0 Å². The highest BCUT2D eigenvalue weighted by Gasteiger charge is 2.14. The van der Waals surface area contributed by atoms with Gasteiger partial charge in [-0.05, 0) is 36.4 Å². The maximum absolute atomic E-state index is 11.8. The number of amides is 1. The summed E-state index contributed by atoms with van der Waals surface area (Å²) >= 11 is 0. The fraction of sp³-hybridized carbons (Fsp3) is 0.125. The van der Waals surface area contributed by atoms with E-state index in [0.29, 0.717) is 11.4 Å². The van der Waals surface area contributed by atoms with Crippen molar-refractivity contribution < 1.29 is 17.9 Å². The number of para-hydroxylation sites is 1. The Balaban J connectivity index is 2.20. The molecule has 0 spiro atoms. The summed E-state index contributed by atoms with van der Waals surface area (Å²) in [6.07, 6.45) is 1.64. The molecule has 6 nitrogen and oxygen atoms in total. The molecular weight excluding hydrogens is 316 g/mol. The average molecular weight is 332 g/mol. The minimum absolute atomic E-state index is 0.00365. The molecule has 0 heterocycles. The normalized spacial score (nSPS) is 11.4. The number of nitrogens with zero attached hydrogens (tertiary/aromatic N) is 1. The van der Waals surface area contributed by atoms with E-state index in [1.807, 2.05) is 29.0 Å². The lowest BCUT2D eigenvalue weighted by Gasteiger charge is -2.05. The predicted octanol–water partition coefficient (Wildman–Crippen LogP) is 2.27. The van der Waals surface area contributed by atoms with E-state index in [0.717, 1.165) is 12.5 Å². The molecule has 0 aliphatic rings. The van der Waals surface area contributed by atoms with E-state index in [1.54, 1.807) is 25.5 Å². The van der Waals surface area contributed by atoms with Crippen molar-refractivity contribution in [1.82, 2.24) is 4.72 Å². The molecular formula is C16H16N2O4S. The molecule has 0 saturated heterocycles. The third-order valence-electron chi connectivity index (χ3n) is 2.92. The lowest BCUT2D eigenvalue weighted by atomic mass is 10.2. The van der Waals surface area contributed by atoms with Crippen LogP contribution in [0.4, 0.5) is 5.69 Å². The summed E-state index contributed by atoms with van der Waals surface area (Å²) < 4.78 is 30.8. The van der Waals surface area contributed by atoms with Gasteiger partial charge in [0.2, 0.25) is 5.91 Å². The van der Waals surface area contributed by atoms with Gasteiger partial charge >= 0.3 is 0 Å². The summed E-state index contributed by atoms with van der Waals surface area (Å²) in [5.41, 5.74) is 1.39. The zero-order valence-electron chi connectivity index (χ0n) is 12.7. The number of carbonyl (C=O) groups is 1. The van der Waals surface area contributed by atoms with Crippen molar-refractivity contribution in [3.05, 3.63) is 54.1 Å². The summed E-state index contributed by atoms with van der Waals surface area (Å²) in [5.74, 6) is 0.0596. The maximum Gasteiger partial charge on any atom is 0.264 e. The number of sulfonamides is 1. The van der Waals surface area contributed by atoms with E-state index in [1.165, 1.54) is 12.1 Å². The van der Waals surface area contributed by atoms with Crippen molar-refractivity contribution in [2.45, 2.75) is 11.8 Å². The highest BCUT2D eigenvalue weighted by atomic mass is 32.2. The molecule has 7 heteroatoms. The van der Waals surface area contributed by atoms with Gasteiger partial charge in [0.05, 0.1) is 17.7 Å². The first kappa shape index (κ1) is 16.7. The Morgan fingerprint density at radius 2 is 1.78 bits per heavy atom. The van der Waals surface area contributed by atoms with Crippen LogP contribution in [0.15, 0.2) is 58.4 Å². The summed E-state index contributed by atoms with van der Waals surface area (Å²) in [5, 5.41) is 0. The van der Waals surface area contributed by atoms with E-state index in [9.17, 15) is 13.2 Å². The van der Waals surface area contributed by atoms with Gasteiger partial charge in [0.1, 0.15) is 5.75 Å². The van der Waals surface area contributed by atoms with Gasteiger partial charge in [0, 0.05) is 18.7 Å². The molecule has 0 aromatic heterocycles. The van der Waals surface area contributed by atoms with Gasteiger partial charge in [0.15, 0.2) is 0 Å². The number of ether oxygens (including phenoxy) is 1. The van der Waals surface area contributed by atoms with Crippen LogP contribution in [-0.4, -0.2) is 27.6 Å². The van der Waals surface area contributed by atoms with Gasteiger partial charge in [-0.25, -0.2) is 13.1 Å². The van der Waals surface area contributed by atoms with E-state index in [-0.39, 0.29) is 4.90 Å². The molecule has 2 aromatic carbocycles. The van der Waals surface area contributed by atoms with E-state index in [2.05, 4.69) is 4.99 Å². The van der Waals surface area contributed by atoms with Crippen LogP contribution >= 0.6 is 0 Å². The topological polar surface area (TPSA) is 84.8 Å². The van der Waals surface area contributed by atoms with Crippen LogP contribution < -0.4 is 9.46 Å². The second kappa shape index (κ2) is 7.06. The van der Waals surface area contributed by atoms with Gasteiger partial charge in [-0.1, -0.05) is 12.1 Å². The first-order valence-electron chi connectivity index (χ1n) is 6.73. The second-order valence-electron chi connectivity index (χ2n) is 4.66. The second-order valence-corrected chi connectivity index (χ2v) is 6.34. The Labute approximate surface area is 134 Å². The van der Waals surface area contributed by atoms with Gasteiger partial charge in [-0.15, -0.1) is 0 Å². The maximum atomic E-state index is 11.8. The molecule has 2 aromatic rings. The van der Waals surface area contributed by atoms with Crippen molar-refractivity contribution in [3.63, 3.8) is 0 Å². The Hall–Kier alpha value is -2.67. The Kier molecular flexibility index (Phi) is 5.13. The molecule has 0 aliphatic carbocycles. The van der Waals surface area contributed by atoms with Crippen molar-refractivity contribution in [1.29, 1.82) is 0 Å². The van der Waals surface area contributed by atoms with Crippen LogP contribution in [0.5, 0.6) is 5.75 Å². The largest absolute Gasteiger partial charge is 0.496 e. The molecule has 0 atom stereocenters. The number of benzene rings is 2. The molecule has 0 bridgehead atoms. The van der Waals surface area contributed by atoms with Crippen LogP contribution in [0, 0.1) is 0 Å². The minimum atomic E-state index is -3.83. The zero-order valence-corrected chi connectivity index (χ0v) is 13.5. The van der Waals surface area contributed by atoms with Crippen molar-refractivity contribution in [3.8, 4) is 5.75 Å². The number of methoxy groups -OCH3 is 1. The summed E-state index contributed by atoms with van der Waals surface area (Å²) in [6.45, 7) is 1.14. The first-order valence-corrected chi connectivity index (χ1v) is 8.21. The third-order valence-corrected chi connectivity index (χ3v) is 4.37. The van der Waals surface area contributed by atoms with Gasteiger partial charge in [-0.3, -0.25) is 9.79 Å². The van der Waals surface area contributed by atoms with Crippen LogP contribution in [0.3, 0.4) is 0 Å². The molecule has 0 unspecified atom stereocenters. The van der Waals surface area contributed by atoms with Crippen LogP contribution in [-0.2, 0) is 14.8 Å². The molecule has 0 fully saturated rings. The standard InChI is InChI=1S/C16H16N2O4S/c1-12(19)18-23(20,21)15-9-7-14(8-10-15)17-11-13-5-3-4-6-16(13)22-2/h3-11H,1-2H3,(H,18,19). The molecule has 1 amide bonds. The number of rotatable bonds is 5. The number of hydrogen-bond donors (Lipinski definition) is 1. The van der Waals surface area contributed by atoms with Crippen molar-refractivity contribution >= 4 is 27.8 Å². The fourth-order valence-corrected chi connectivity index (χ4v) is 2.87. The Bertz CT molecular complexity index is 827. The SMILES string of the molecule is COc1ccccc1C=Nc1ccc(S(=O)(=O)NC(C)=O)cc1. The van der Waals surface area contributed by atoms with Crippen molar-refractivity contribution in [2.24, 2.45) is 4.99 Å². The molecule has 120 valence electrons. The van der Waals surface area contributed by atoms with Crippen LogP contribution in [0.25, 0.3) is 0 Å². The summed E-state index contributed by atoms with van der Waals surface area (Å²) in [7, 11) is -2.25. The minimum Gasteiger partial charge on any atom is -0.496 e. The molecule has 0 radical (unpaired) electrons. The predicted molar refractivity (Wildman–Crippen MR) is 87.7 cm³/mol. The fourth-order valence-electron chi connectivity index (χ4n) is 1.88. The van der Waals surface area contributed by atoms with E-state index < -0.39 is 15.9 Å². The van der Waals surface area contributed by atoms with Crippen LogP contribution in [0.2, 0.25) is 0 Å². The number of aliphatic imine (C=N–C) groups is 1. The number of carbonyl (C=O) groups excluding carboxylic acids is 1. The molecule has 0 aliphatic heterocycles. The molecule has 0 saturated carbocycles. The van der Waals surface area contributed by atoms with E-state index >= 15 is 0 Å². The number of nitrogens with one attached hydrogen (secondary N) is 1. The lowest BCUT2D eigenvalue weighted by Crippen LogP contribution is -2.28. The molecule has 2 rings (SSSR count). The Morgan fingerprint density at radius 3 is 2.39 bits per heavy atom. The smallest absolute Gasteiger partial charge is 0.264 e. The summed E-state index contributed by atoms with van der Waals surface area (Å²) in [4.78, 5) is 15.2. The summed E-state index contributed by atoms with van der Waals surface area (Å²) in [6, 6.07) is 13.3. The van der Waals surface area contributed by atoms with Crippen LogP contribution in [0.1, 0.15) is 12.5 Å². The molecule has 23 heavy (non-hydrogen) atoms. The van der Waals surface area contributed by atoms with Gasteiger partial charge in [-0.2, -0.15) is 0 Å². The highest BCUT2D eigenvalue weighted by molar-refractivity contribution is 7.90. The lowest BCUT2D eigenvalue weighted by molar-refractivity contribution is -0.117. The average Bonchev–Trinajstić information content (AvgIpc) is 2.52. The van der Waals surface area contributed by atoms with E-state index in [4.69, 9.17) is 4.74 Å². The first-order chi connectivity index (χ1) is 10.9. The monoisotopic (exact) mass is 332 g/mol. The zero-order chi connectivity index (χ0) is 16.9.